The smallest absolute Gasteiger partial charge is 0.0799 e. The van der Waals surface area contributed by atoms with E-state index in [-0.39, 0.29) is 0 Å². The molecule has 0 aliphatic rings. The predicted octanol–water partition coefficient (Wildman–Crippen LogP) is 2.53. The van der Waals surface area contributed by atoms with Gasteiger partial charge in [-0.25, -0.2) is 0 Å². The minimum absolute atomic E-state index is 0.357. The van der Waals surface area contributed by atoms with Crippen LogP contribution in [0.4, 0.5) is 5.69 Å². The number of thiocarbonyl (C=S) groups is 1. The molecule has 0 atom stereocenters. The number of aliphatic imine (C=N–C) groups is 1. The van der Waals surface area contributed by atoms with Crippen LogP contribution in [0.3, 0.4) is 0 Å². The summed E-state index contributed by atoms with van der Waals surface area (Å²) in [7, 11) is 0. The first-order valence-electron chi connectivity index (χ1n) is 3.35. The van der Waals surface area contributed by atoms with Crippen molar-refractivity contribution in [2.24, 2.45) is 10.7 Å². The molecule has 2 nitrogen and oxygen atoms in total. The van der Waals surface area contributed by atoms with Crippen LogP contribution in [-0.4, -0.2) is 5.16 Å². The van der Waals surface area contributed by atoms with Gasteiger partial charge in [0, 0.05) is 17.1 Å². The molecule has 0 aliphatic carbocycles. The topological polar surface area (TPSA) is 38.4 Å². The molecule has 12 heavy (non-hydrogen) atoms. The maximum Gasteiger partial charge on any atom is 0.0799 e. The van der Waals surface area contributed by atoms with Crippen LogP contribution >= 0.6 is 23.8 Å². The highest BCUT2D eigenvalue weighted by Gasteiger charge is 2.02. The summed E-state index contributed by atoms with van der Waals surface area (Å²) in [4.78, 5) is 3.84. The third-order valence-corrected chi connectivity index (χ3v) is 1.91. The number of rotatable bonds is 2. The highest BCUT2D eigenvalue weighted by atomic mass is 35.5. The monoisotopic (exact) mass is 198 g/mol. The SMILES string of the molecule is NCc1c(Cl)cccc1N=C=S. The largest absolute Gasteiger partial charge is 0.326 e. The summed E-state index contributed by atoms with van der Waals surface area (Å²) in [5.41, 5.74) is 6.97. The molecule has 0 bridgehead atoms. The van der Waals surface area contributed by atoms with Crippen LogP contribution in [0.2, 0.25) is 5.02 Å². The van der Waals surface area contributed by atoms with Gasteiger partial charge >= 0.3 is 0 Å². The summed E-state index contributed by atoms with van der Waals surface area (Å²) in [5, 5.41) is 2.89. The zero-order chi connectivity index (χ0) is 8.97. The van der Waals surface area contributed by atoms with Gasteiger partial charge in [0.25, 0.3) is 0 Å². The van der Waals surface area contributed by atoms with Gasteiger partial charge in [-0.1, -0.05) is 17.7 Å². The normalized spacial score (nSPS) is 9.17. The Morgan fingerprint density at radius 2 is 2.33 bits per heavy atom. The van der Waals surface area contributed by atoms with Gasteiger partial charge < -0.3 is 5.73 Å². The Hall–Kier alpha value is -0.730. The van der Waals surface area contributed by atoms with E-state index < -0.39 is 0 Å². The van der Waals surface area contributed by atoms with E-state index in [1.165, 1.54) is 0 Å². The van der Waals surface area contributed by atoms with E-state index in [2.05, 4.69) is 22.4 Å². The molecule has 0 fully saturated rings. The molecule has 0 saturated heterocycles. The zero-order valence-corrected chi connectivity index (χ0v) is 7.82. The van der Waals surface area contributed by atoms with Crippen molar-refractivity contribution in [1.82, 2.24) is 0 Å². The van der Waals surface area contributed by atoms with Crippen LogP contribution in [0.1, 0.15) is 5.56 Å². The molecule has 0 aliphatic heterocycles. The quantitative estimate of drug-likeness (QED) is 0.586. The summed E-state index contributed by atoms with van der Waals surface area (Å²) in [6, 6.07) is 5.37. The summed E-state index contributed by atoms with van der Waals surface area (Å²) in [5.74, 6) is 0. The van der Waals surface area contributed by atoms with E-state index in [1.807, 2.05) is 0 Å². The first-order valence-corrected chi connectivity index (χ1v) is 4.13. The third kappa shape index (κ3) is 1.90. The summed E-state index contributed by atoms with van der Waals surface area (Å²) in [6.45, 7) is 0.357. The second kappa shape index (κ2) is 4.33. The maximum atomic E-state index is 5.86. The molecule has 62 valence electrons. The molecular formula is C8H7ClN2S. The molecule has 0 saturated carbocycles. The van der Waals surface area contributed by atoms with Gasteiger partial charge in [-0.2, -0.15) is 4.99 Å². The Labute approximate surface area is 81.1 Å². The van der Waals surface area contributed by atoms with Crippen LogP contribution in [0, 0.1) is 0 Å². The lowest BCUT2D eigenvalue weighted by molar-refractivity contribution is 1.07. The van der Waals surface area contributed by atoms with Crippen LogP contribution in [0.5, 0.6) is 0 Å². The Kier molecular flexibility index (Phi) is 3.38. The van der Waals surface area contributed by atoms with Gasteiger partial charge in [-0.15, -0.1) is 0 Å². The van der Waals surface area contributed by atoms with Crippen molar-refractivity contribution in [1.29, 1.82) is 0 Å². The molecule has 1 aromatic rings. The Bertz CT molecular complexity index is 332. The van der Waals surface area contributed by atoms with E-state index in [0.29, 0.717) is 17.3 Å². The highest BCUT2D eigenvalue weighted by Crippen LogP contribution is 2.25. The highest BCUT2D eigenvalue weighted by molar-refractivity contribution is 7.78. The lowest BCUT2D eigenvalue weighted by Crippen LogP contribution is -1.97. The molecular weight excluding hydrogens is 192 g/mol. The molecule has 0 aromatic heterocycles. The second-order valence-corrected chi connectivity index (χ2v) is 2.73. The fraction of sp³-hybridized carbons (Fsp3) is 0.125. The standard InChI is InChI=1S/C8H7ClN2S/c9-7-2-1-3-8(11-5-12)6(7)4-10/h1-3H,4,10H2. The number of hydrogen-bond donors (Lipinski definition) is 1. The average molecular weight is 199 g/mol. The van der Waals surface area contributed by atoms with Crippen molar-refractivity contribution >= 4 is 34.7 Å². The summed E-state index contributed by atoms with van der Waals surface area (Å²) >= 11 is 10.3. The molecule has 4 heteroatoms. The first kappa shape index (κ1) is 9.36. The van der Waals surface area contributed by atoms with Crippen molar-refractivity contribution in [2.75, 3.05) is 0 Å². The first-order chi connectivity index (χ1) is 5.79. The number of benzene rings is 1. The maximum absolute atomic E-state index is 5.86. The van der Waals surface area contributed by atoms with Crippen molar-refractivity contribution in [3.8, 4) is 0 Å². The molecule has 1 rings (SSSR count). The van der Waals surface area contributed by atoms with Gasteiger partial charge in [0.2, 0.25) is 0 Å². The van der Waals surface area contributed by atoms with Crippen molar-refractivity contribution in [2.45, 2.75) is 6.54 Å². The number of hydrogen-bond acceptors (Lipinski definition) is 3. The van der Waals surface area contributed by atoms with Crippen molar-refractivity contribution < 1.29 is 0 Å². The van der Waals surface area contributed by atoms with E-state index in [4.69, 9.17) is 17.3 Å². The van der Waals surface area contributed by atoms with E-state index in [1.54, 1.807) is 18.2 Å². The molecule has 0 spiro atoms. The number of isothiocyanates is 1. The number of halogens is 1. The fourth-order valence-corrected chi connectivity index (χ4v) is 1.25. The van der Waals surface area contributed by atoms with Gasteiger partial charge in [-0.3, -0.25) is 0 Å². The van der Waals surface area contributed by atoms with Crippen LogP contribution in [-0.2, 0) is 6.54 Å². The predicted molar refractivity (Wildman–Crippen MR) is 54.0 cm³/mol. The lowest BCUT2D eigenvalue weighted by atomic mass is 10.2. The minimum atomic E-state index is 0.357. The molecule has 2 N–H and O–H groups in total. The Morgan fingerprint density at radius 3 is 2.92 bits per heavy atom. The zero-order valence-electron chi connectivity index (χ0n) is 6.25. The van der Waals surface area contributed by atoms with Crippen molar-refractivity contribution in [3.05, 3.63) is 28.8 Å². The summed E-state index contributed by atoms with van der Waals surface area (Å²) in [6.07, 6.45) is 0. The number of nitrogens with zero attached hydrogens (tertiary/aromatic N) is 1. The third-order valence-electron chi connectivity index (χ3n) is 1.46. The molecule has 0 amide bonds. The number of nitrogens with two attached hydrogens (primary N) is 1. The molecule has 0 radical (unpaired) electrons. The van der Waals surface area contributed by atoms with Crippen LogP contribution < -0.4 is 5.73 Å². The van der Waals surface area contributed by atoms with Gasteiger partial charge in [0.1, 0.15) is 0 Å². The minimum Gasteiger partial charge on any atom is -0.326 e. The average Bonchev–Trinajstić information content (AvgIpc) is 2.05. The Balaban J connectivity index is 3.26. The Morgan fingerprint density at radius 1 is 1.58 bits per heavy atom. The van der Waals surface area contributed by atoms with E-state index in [0.717, 1.165) is 5.56 Å². The summed E-state index contributed by atoms with van der Waals surface area (Å²) < 4.78 is 0. The fourth-order valence-electron chi connectivity index (χ4n) is 0.903. The van der Waals surface area contributed by atoms with E-state index >= 15 is 0 Å². The van der Waals surface area contributed by atoms with Gasteiger partial charge in [0.15, 0.2) is 0 Å². The van der Waals surface area contributed by atoms with Crippen LogP contribution in [0.25, 0.3) is 0 Å². The molecule has 1 aromatic carbocycles. The molecule has 0 heterocycles. The van der Waals surface area contributed by atoms with E-state index in [9.17, 15) is 0 Å². The van der Waals surface area contributed by atoms with Crippen LogP contribution in [0.15, 0.2) is 23.2 Å². The molecule has 0 unspecified atom stereocenters. The van der Waals surface area contributed by atoms with Gasteiger partial charge in [0.05, 0.1) is 10.8 Å². The second-order valence-electron chi connectivity index (χ2n) is 2.14. The lowest BCUT2D eigenvalue weighted by Gasteiger charge is -2.02. The van der Waals surface area contributed by atoms with Gasteiger partial charge in [-0.05, 0) is 24.4 Å². The van der Waals surface area contributed by atoms with Crippen molar-refractivity contribution in [3.63, 3.8) is 0 Å².